The summed E-state index contributed by atoms with van der Waals surface area (Å²) in [6.45, 7) is 0. The molecule has 8 heteroatoms. The summed E-state index contributed by atoms with van der Waals surface area (Å²) in [5, 5.41) is 9.95. The molecule has 1 amide bonds. The fraction of sp³-hybridized carbons (Fsp3) is 0.182. The highest BCUT2D eigenvalue weighted by Crippen LogP contribution is 2.36. The number of amides is 1. The van der Waals surface area contributed by atoms with Gasteiger partial charge in [0.05, 0.1) is 6.20 Å². The third kappa shape index (κ3) is 3.59. The van der Waals surface area contributed by atoms with E-state index in [0.29, 0.717) is 5.56 Å². The van der Waals surface area contributed by atoms with Crippen LogP contribution in [0.4, 0.5) is 0 Å². The number of alkyl halides is 3. The lowest BCUT2D eigenvalue weighted by molar-refractivity contribution is 0.0916. The molecule has 0 saturated carbocycles. The van der Waals surface area contributed by atoms with Crippen LogP contribution in [0.25, 0.3) is 0 Å². The van der Waals surface area contributed by atoms with Gasteiger partial charge in [-0.2, -0.15) is 0 Å². The van der Waals surface area contributed by atoms with E-state index in [4.69, 9.17) is 34.8 Å². The van der Waals surface area contributed by atoms with Crippen LogP contribution in [0.5, 0.6) is 0 Å². The van der Waals surface area contributed by atoms with Gasteiger partial charge in [0.2, 0.25) is 3.79 Å². The highest BCUT2D eigenvalue weighted by atomic mass is 35.6. The zero-order valence-corrected chi connectivity index (χ0v) is 11.8. The van der Waals surface area contributed by atoms with Crippen molar-refractivity contribution in [2.24, 2.45) is 0 Å². The molecule has 1 N–H and O–H groups in total. The summed E-state index contributed by atoms with van der Waals surface area (Å²) < 4.78 is -0.480. The number of benzene rings is 1. The molecule has 0 aliphatic carbocycles. The van der Waals surface area contributed by atoms with E-state index >= 15 is 0 Å². The molecular formula is C11H9Cl3N4O. The molecule has 0 bridgehead atoms. The van der Waals surface area contributed by atoms with Gasteiger partial charge in [-0.25, -0.2) is 4.68 Å². The van der Waals surface area contributed by atoms with E-state index in [1.165, 1.54) is 17.1 Å². The summed E-state index contributed by atoms with van der Waals surface area (Å²) in [6.07, 6.45) is 1.98. The molecule has 0 fully saturated rings. The van der Waals surface area contributed by atoms with E-state index in [0.717, 1.165) is 0 Å². The predicted octanol–water partition coefficient (Wildman–Crippen LogP) is 2.58. The van der Waals surface area contributed by atoms with Gasteiger partial charge >= 0.3 is 0 Å². The highest BCUT2D eigenvalue weighted by molar-refractivity contribution is 6.67. The van der Waals surface area contributed by atoms with Gasteiger partial charge in [-0.3, -0.25) is 4.79 Å². The minimum atomic E-state index is -1.75. The maximum Gasteiger partial charge on any atom is 0.253 e. The molecule has 2 aromatic rings. The van der Waals surface area contributed by atoms with E-state index in [1.54, 1.807) is 30.3 Å². The number of halogens is 3. The smallest absolute Gasteiger partial charge is 0.253 e. The maximum absolute atomic E-state index is 12.0. The fourth-order valence-electron chi connectivity index (χ4n) is 1.45. The first-order chi connectivity index (χ1) is 8.98. The second-order valence-corrected chi connectivity index (χ2v) is 6.04. The Morgan fingerprint density at radius 2 is 1.95 bits per heavy atom. The molecule has 0 aliphatic rings. The molecule has 1 heterocycles. The van der Waals surface area contributed by atoms with Crippen LogP contribution in [0.2, 0.25) is 0 Å². The molecule has 1 aromatic heterocycles. The van der Waals surface area contributed by atoms with Crippen LogP contribution < -0.4 is 5.32 Å². The van der Waals surface area contributed by atoms with Crippen LogP contribution in [0, 0.1) is 0 Å². The predicted molar refractivity (Wildman–Crippen MR) is 73.3 cm³/mol. The first-order valence-corrected chi connectivity index (χ1v) is 6.40. The Morgan fingerprint density at radius 1 is 1.26 bits per heavy atom. The Kier molecular flexibility index (Phi) is 4.29. The van der Waals surface area contributed by atoms with Gasteiger partial charge in [0.15, 0.2) is 6.17 Å². The van der Waals surface area contributed by atoms with E-state index in [2.05, 4.69) is 15.6 Å². The van der Waals surface area contributed by atoms with Gasteiger partial charge in [0.25, 0.3) is 5.91 Å². The van der Waals surface area contributed by atoms with Crippen molar-refractivity contribution in [3.63, 3.8) is 0 Å². The topological polar surface area (TPSA) is 59.8 Å². The molecule has 100 valence electrons. The Balaban J connectivity index is 2.21. The average molecular weight is 320 g/mol. The molecule has 0 unspecified atom stereocenters. The molecule has 19 heavy (non-hydrogen) atoms. The van der Waals surface area contributed by atoms with Crippen molar-refractivity contribution in [1.29, 1.82) is 0 Å². The summed E-state index contributed by atoms with van der Waals surface area (Å²) in [5.41, 5.74) is 0.460. The maximum atomic E-state index is 12.0. The van der Waals surface area contributed by atoms with Crippen LogP contribution in [0.3, 0.4) is 0 Å². The van der Waals surface area contributed by atoms with Crippen LogP contribution in [-0.4, -0.2) is 24.7 Å². The highest BCUT2D eigenvalue weighted by Gasteiger charge is 2.36. The molecule has 0 aliphatic heterocycles. The first kappa shape index (κ1) is 14.1. The number of rotatable bonds is 3. The largest absolute Gasteiger partial charge is 0.327 e. The Morgan fingerprint density at radius 3 is 2.47 bits per heavy atom. The quantitative estimate of drug-likeness (QED) is 0.885. The fourth-order valence-corrected chi connectivity index (χ4v) is 1.91. The van der Waals surface area contributed by atoms with E-state index in [-0.39, 0.29) is 5.91 Å². The zero-order chi connectivity index (χ0) is 13.9. The molecule has 2 rings (SSSR count). The lowest BCUT2D eigenvalue weighted by atomic mass is 10.2. The molecule has 1 atom stereocenters. The molecular weight excluding hydrogens is 311 g/mol. The lowest BCUT2D eigenvalue weighted by Gasteiger charge is -2.25. The minimum Gasteiger partial charge on any atom is -0.327 e. The van der Waals surface area contributed by atoms with Gasteiger partial charge in [0, 0.05) is 11.8 Å². The van der Waals surface area contributed by atoms with Gasteiger partial charge in [-0.1, -0.05) is 58.2 Å². The number of nitrogens with one attached hydrogen (secondary N) is 1. The summed E-state index contributed by atoms with van der Waals surface area (Å²) in [5.74, 6) is -0.368. The molecule has 1 aromatic carbocycles. The number of aromatic nitrogens is 3. The summed E-state index contributed by atoms with van der Waals surface area (Å²) in [7, 11) is 0. The standard InChI is InChI=1S/C11H9Cl3N4O/c12-11(13,14)10(18-7-6-15-17-18)16-9(19)8-4-2-1-3-5-8/h1-7,10H,(H,16,19)/t10-/m0/s1. The Hall–Kier alpha value is -1.30. The monoisotopic (exact) mass is 318 g/mol. The van der Waals surface area contributed by atoms with E-state index in [1.807, 2.05) is 0 Å². The molecule has 5 nitrogen and oxygen atoms in total. The van der Waals surface area contributed by atoms with Crippen molar-refractivity contribution < 1.29 is 4.79 Å². The van der Waals surface area contributed by atoms with Crippen LogP contribution >= 0.6 is 34.8 Å². The Bertz CT molecular complexity index is 539. The van der Waals surface area contributed by atoms with Gasteiger partial charge in [-0.15, -0.1) is 5.10 Å². The number of carbonyl (C=O) groups excluding carboxylic acids is 1. The van der Waals surface area contributed by atoms with Gasteiger partial charge < -0.3 is 5.32 Å². The third-order valence-corrected chi connectivity index (χ3v) is 2.94. The Labute approximate surface area is 124 Å². The number of nitrogens with zero attached hydrogens (tertiary/aromatic N) is 3. The second kappa shape index (κ2) is 5.77. The van der Waals surface area contributed by atoms with Crippen molar-refractivity contribution >= 4 is 40.7 Å². The van der Waals surface area contributed by atoms with Crippen LogP contribution in [0.15, 0.2) is 42.7 Å². The number of carbonyl (C=O) groups is 1. The number of hydrogen-bond acceptors (Lipinski definition) is 3. The second-order valence-electron chi connectivity index (χ2n) is 3.67. The van der Waals surface area contributed by atoms with Gasteiger partial charge in [-0.05, 0) is 12.1 Å². The normalized spacial score (nSPS) is 13.0. The summed E-state index contributed by atoms with van der Waals surface area (Å²) >= 11 is 17.5. The van der Waals surface area contributed by atoms with Crippen molar-refractivity contribution in [2.75, 3.05) is 0 Å². The van der Waals surface area contributed by atoms with Crippen molar-refractivity contribution in [1.82, 2.24) is 20.3 Å². The first-order valence-electron chi connectivity index (χ1n) is 5.27. The summed E-state index contributed by atoms with van der Waals surface area (Å²) in [4.78, 5) is 12.0. The van der Waals surface area contributed by atoms with Crippen LogP contribution in [-0.2, 0) is 0 Å². The van der Waals surface area contributed by atoms with Gasteiger partial charge in [0.1, 0.15) is 0 Å². The average Bonchev–Trinajstić information content (AvgIpc) is 2.88. The summed E-state index contributed by atoms with van der Waals surface area (Å²) in [6, 6.07) is 8.61. The minimum absolute atomic E-state index is 0.368. The third-order valence-electron chi connectivity index (χ3n) is 2.32. The SMILES string of the molecule is O=C(N[C@@H](n1ccnn1)C(Cl)(Cl)Cl)c1ccccc1. The van der Waals surface area contributed by atoms with Crippen molar-refractivity contribution in [3.05, 3.63) is 48.3 Å². The van der Waals surface area contributed by atoms with Crippen LogP contribution in [0.1, 0.15) is 16.5 Å². The molecule has 0 spiro atoms. The van der Waals surface area contributed by atoms with E-state index in [9.17, 15) is 4.79 Å². The number of hydrogen-bond donors (Lipinski definition) is 1. The lowest BCUT2D eigenvalue weighted by Crippen LogP contribution is -2.40. The zero-order valence-electron chi connectivity index (χ0n) is 9.50. The molecule has 0 radical (unpaired) electrons. The van der Waals surface area contributed by atoms with E-state index < -0.39 is 9.96 Å². The molecule has 0 saturated heterocycles. The van der Waals surface area contributed by atoms with Crippen molar-refractivity contribution in [2.45, 2.75) is 9.96 Å². The van der Waals surface area contributed by atoms with Crippen molar-refractivity contribution in [3.8, 4) is 0 Å².